The van der Waals surface area contributed by atoms with E-state index in [4.69, 9.17) is 4.74 Å². The molecule has 1 aliphatic carbocycles. The zero-order chi connectivity index (χ0) is 22.9. The summed E-state index contributed by atoms with van der Waals surface area (Å²) in [7, 11) is 2.03. The molecule has 1 atom stereocenters. The van der Waals surface area contributed by atoms with Gasteiger partial charge in [0.1, 0.15) is 11.6 Å². The molecule has 3 aromatic rings. The van der Waals surface area contributed by atoms with E-state index in [1.165, 1.54) is 37.4 Å². The van der Waals surface area contributed by atoms with Crippen molar-refractivity contribution in [1.29, 1.82) is 0 Å². The molecule has 2 N–H and O–H groups in total. The quantitative estimate of drug-likeness (QED) is 0.508. The van der Waals surface area contributed by atoms with Crippen molar-refractivity contribution in [2.45, 2.75) is 25.4 Å². The number of aromatic carboxylic acids is 1. The third-order valence-electron chi connectivity index (χ3n) is 6.43. The van der Waals surface area contributed by atoms with E-state index >= 15 is 0 Å². The molecule has 0 spiro atoms. The first-order valence-corrected chi connectivity index (χ1v) is 11.2. The standard InChI is InChI=1S/C26H26FN3O3/c1-30-14-18-10-17(20-7-5-19(11-23(20)27)33-15-16-2-3-16)4-6-21(18)25(30)13-29-24-12-28-9-8-22(24)26(31)32/h4-12,16,25,29H,2-3,13-15H2,1H3,(H,31,32)/t25-/m0/s1. The van der Waals surface area contributed by atoms with E-state index in [1.54, 1.807) is 6.07 Å². The first-order chi connectivity index (χ1) is 16.0. The van der Waals surface area contributed by atoms with Crippen LogP contribution in [0.15, 0.2) is 54.9 Å². The van der Waals surface area contributed by atoms with Gasteiger partial charge in [-0.05, 0) is 66.8 Å². The average Bonchev–Trinajstić information content (AvgIpc) is 3.58. The SMILES string of the molecule is CN1Cc2cc(-c3ccc(OCC4CC4)cc3F)ccc2[C@@H]1CNc1cnccc1C(=O)O. The van der Waals surface area contributed by atoms with Gasteiger partial charge in [-0.15, -0.1) is 0 Å². The first kappa shape index (κ1) is 21.4. The molecule has 1 saturated carbocycles. The fourth-order valence-corrected chi connectivity index (χ4v) is 4.36. The van der Waals surface area contributed by atoms with Gasteiger partial charge in [-0.25, -0.2) is 9.18 Å². The smallest absolute Gasteiger partial charge is 0.337 e. The first-order valence-electron chi connectivity index (χ1n) is 11.2. The summed E-state index contributed by atoms with van der Waals surface area (Å²) in [4.78, 5) is 17.7. The van der Waals surface area contributed by atoms with Gasteiger partial charge in [0.2, 0.25) is 0 Å². The molecular weight excluding hydrogens is 421 g/mol. The maximum atomic E-state index is 14.8. The fourth-order valence-electron chi connectivity index (χ4n) is 4.36. The lowest BCUT2D eigenvalue weighted by atomic mass is 9.97. The number of benzene rings is 2. The van der Waals surface area contributed by atoms with Gasteiger partial charge < -0.3 is 15.2 Å². The molecule has 0 unspecified atom stereocenters. The summed E-state index contributed by atoms with van der Waals surface area (Å²) >= 11 is 0. The Morgan fingerprint density at radius 2 is 2.09 bits per heavy atom. The van der Waals surface area contributed by atoms with Crippen LogP contribution >= 0.6 is 0 Å². The second-order valence-corrected chi connectivity index (χ2v) is 8.85. The number of carboxylic acid groups (broad SMARTS) is 1. The van der Waals surface area contributed by atoms with Crippen molar-refractivity contribution in [1.82, 2.24) is 9.88 Å². The number of nitrogens with one attached hydrogen (secondary N) is 1. The number of aromatic nitrogens is 1. The van der Waals surface area contributed by atoms with E-state index in [1.807, 2.05) is 31.3 Å². The van der Waals surface area contributed by atoms with Crippen LogP contribution in [0.4, 0.5) is 10.1 Å². The Morgan fingerprint density at radius 1 is 1.24 bits per heavy atom. The summed E-state index contributed by atoms with van der Waals surface area (Å²) in [5.41, 5.74) is 4.37. The number of fused-ring (bicyclic) bond motifs is 1. The summed E-state index contributed by atoms with van der Waals surface area (Å²) in [6.45, 7) is 1.93. The lowest BCUT2D eigenvalue weighted by Crippen LogP contribution is -2.24. The number of pyridine rings is 1. The molecule has 1 aliphatic heterocycles. The zero-order valence-corrected chi connectivity index (χ0v) is 18.4. The van der Waals surface area contributed by atoms with Crippen molar-refractivity contribution in [3.63, 3.8) is 0 Å². The Kier molecular flexibility index (Phi) is 5.72. The molecule has 2 heterocycles. The minimum Gasteiger partial charge on any atom is -0.493 e. The van der Waals surface area contributed by atoms with Crippen LogP contribution in [0.5, 0.6) is 5.75 Å². The van der Waals surface area contributed by atoms with Gasteiger partial charge in [0.15, 0.2) is 0 Å². The number of nitrogens with zero attached hydrogens (tertiary/aromatic N) is 2. The highest BCUT2D eigenvalue weighted by Gasteiger charge is 2.28. The number of anilines is 1. The van der Waals surface area contributed by atoms with E-state index < -0.39 is 5.97 Å². The Hall–Kier alpha value is -3.45. The average molecular weight is 448 g/mol. The summed E-state index contributed by atoms with van der Waals surface area (Å²) in [5, 5.41) is 12.6. The zero-order valence-electron chi connectivity index (χ0n) is 18.4. The van der Waals surface area contributed by atoms with E-state index in [9.17, 15) is 14.3 Å². The molecular formula is C26H26FN3O3. The molecule has 0 radical (unpaired) electrons. The van der Waals surface area contributed by atoms with Crippen LogP contribution in [0.25, 0.3) is 11.1 Å². The Balaban J connectivity index is 1.32. The summed E-state index contributed by atoms with van der Waals surface area (Å²) in [6.07, 6.45) is 5.40. The van der Waals surface area contributed by atoms with Gasteiger partial charge in [0.25, 0.3) is 0 Å². The normalized spacial score (nSPS) is 17.6. The summed E-state index contributed by atoms with van der Waals surface area (Å²) in [5.74, 6) is -0.0784. The van der Waals surface area contributed by atoms with Crippen LogP contribution in [0.1, 0.15) is 40.4 Å². The Morgan fingerprint density at radius 3 is 2.85 bits per heavy atom. The predicted octanol–water partition coefficient (Wildman–Crippen LogP) is 4.97. The van der Waals surface area contributed by atoms with E-state index in [2.05, 4.69) is 15.2 Å². The lowest BCUT2D eigenvalue weighted by molar-refractivity contribution is 0.0697. The van der Waals surface area contributed by atoms with Crippen LogP contribution in [0, 0.1) is 11.7 Å². The van der Waals surface area contributed by atoms with E-state index in [0.29, 0.717) is 36.1 Å². The number of rotatable bonds is 8. The van der Waals surface area contributed by atoms with Crippen LogP contribution in [0.2, 0.25) is 0 Å². The van der Waals surface area contributed by atoms with Gasteiger partial charge in [0, 0.05) is 30.9 Å². The minimum absolute atomic E-state index is 0.0685. The molecule has 33 heavy (non-hydrogen) atoms. The Labute approximate surface area is 192 Å². The Bertz CT molecular complexity index is 1200. The van der Waals surface area contributed by atoms with Crippen LogP contribution in [-0.4, -0.2) is 41.2 Å². The monoisotopic (exact) mass is 447 g/mol. The van der Waals surface area contributed by atoms with Crippen molar-refractivity contribution < 1.29 is 19.0 Å². The van der Waals surface area contributed by atoms with Gasteiger partial charge in [-0.3, -0.25) is 9.88 Å². The third-order valence-corrected chi connectivity index (χ3v) is 6.43. The number of carboxylic acids is 1. The van der Waals surface area contributed by atoms with Gasteiger partial charge >= 0.3 is 5.97 Å². The third kappa shape index (κ3) is 4.54. The highest BCUT2D eigenvalue weighted by molar-refractivity contribution is 5.93. The second kappa shape index (κ2) is 8.83. The van der Waals surface area contributed by atoms with Gasteiger partial charge in [0.05, 0.1) is 30.1 Å². The molecule has 0 amide bonds. The number of hydrogen-bond acceptors (Lipinski definition) is 5. The second-order valence-electron chi connectivity index (χ2n) is 8.85. The number of ether oxygens (including phenoxy) is 1. The van der Waals surface area contributed by atoms with Crippen molar-refractivity contribution in [2.24, 2.45) is 5.92 Å². The highest BCUT2D eigenvalue weighted by Crippen LogP contribution is 2.37. The van der Waals surface area contributed by atoms with Gasteiger partial charge in [-0.2, -0.15) is 0 Å². The molecule has 1 aromatic heterocycles. The lowest BCUT2D eigenvalue weighted by Gasteiger charge is -2.22. The molecule has 0 bridgehead atoms. The van der Waals surface area contributed by atoms with Crippen molar-refractivity contribution in [3.8, 4) is 16.9 Å². The predicted molar refractivity (Wildman–Crippen MR) is 124 cm³/mol. The minimum atomic E-state index is -0.990. The van der Waals surface area contributed by atoms with Crippen molar-refractivity contribution in [3.05, 3.63) is 77.4 Å². The number of carbonyl (C=O) groups is 1. The van der Waals surface area contributed by atoms with Gasteiger partial charge in [-0.1, -0.05) is 12.1 Å². The topological polar surface area (TPSA) is 74.7 Å². The summed E-state index contributed by atoms with van der Waals surface area (Å²) in [6, 6.07) is 12.7. The molecule has 2 aliphatic rings. The number of halogens is 1. The molecule has 5 rings (SSSR count). The van der Waals surface area contributed by atoms with E-state index in [-0.39, 0.29) is 17.4 Å². The molecule has 170 valence electrons. The van der Waals surface area contributed by atoms with E-state index in [0.717, 1.165) is 23.2 Å². The van der Waals surface area contributed by atoms with Crippen molar-refractivity contribution in [2.75, 3.05) is 25.5 Å². The molecule has 6 nitrogen and oxygen atoms in total. The van der Waals surface area contributed by atoms with Crippen LogP contribution in [0.3, 0.4) is 0 Å². The highest BCUT2D eigenvalue weighted by atomic mass is 19.1. The molecule has 7 heteroatoms. The van der Waals surface area contributed by atoms with Crippen LogP contribution < -0.4 is 10.1 Å². The fraction of sp³-hybridized carbons (Fsp3) is 0.308. The molecule has 0 saturated heterocycles. The maximum absolute atomic E-state index is 14.8. The molecule has 2 aromatic carbocycles. The number of likely N-dealkylation sites (N-methyl/N-ethyl adjacent to an activating group) is 1. The number of hydrogen-bond donors (Lipinski definition) is 2. The summed E-state index contributed by atoms with van der Waals surface area (Å²) < 4.78 is 20.5. The molecule has 1 fully saturated rings. The van der Waals surface area contributed by atoms with Crippen molar-refractivity contribution >= 4 is 11.7 Å². The largest absolute Gasteiger partial charge is 0.493 e. The van der Waals surface area contributed by atoms with Crippen LogP contribution in [-0.2, 0) is 6.54 Å². The maximum Gasteiger partial charge on any atom is 0.337 e.